The summed E-state index contributed by atoms with van der Waals surface area (Å²) in [7, 11) is -4.66. The zero-order valence-corrected chi connectivity index (χ0v) is 19.1. The third-order valence-electron chi connectivity index (χ3n) is 5.05. The number of para-hydroxylation sites is 3. The molecule has 0 aliphatic carbocycles. The van der Waals surface area contributed by atoms with Crippen molar-refractivity contribution in [1.29, 1.82) is 0 Å². The number of phosphoric ester groups is 1. The van der Waals surface area contributed by atoms with Crippen molar-refractivity contribution in [2.45, 2.75) is 0 Å². The van der Waals surface area contributed by atoms with Gasteiger partial charge >= 0.3 is 7.82 Å². The Morgan fingerprint density at radius 1 is 0.600 bits per heavy atom. The fourth-order valence-electron chi connectivity index (χ4n) is 3.43. The van der Waals surface area contributed by atoms with Crippen molar-refractivity contribution in [3.05, 3.63) is 121 Å². The van der Waals surface area contributed by atoms with Crippen LogP contribution < -0.4 is 13.6 Å². The largest absolute Gasteiger partial charge is 0.647 e. The number of hydrogen-bond donors (Lipinski definition) is 0. The maximum Gasteiger partial charge on any atom is 0.647 e. The van der Waals surface area contributed by atoms with E-state index in [-0.39, 0.29) is 17.2 Å². The van der Waals surface area contributed by atoms with E-state index in [9.17, 15) is 13.3 Å². The van der Waals surface area contributed by atoms with Crippen LogP contribution in [0.2, 0.25) is 0 Å². The van der Waals surface area contributed by atoms with Gasteiger partial charge in [0.2, 0.25) is 0 Å². The summed E-state index contributed by atoms with van der Waals surface area (Å²) in [5, 5.41) is 0.515. The summed E-state index contributed by atoms with van der Waals surface area (Å²) in [6, 6.07) is 28.7. The molecule has 0 amide bonds. The van der Waals surface area contributed by atoms with Crippen LogP contribution in [0.1, 0.15) is 0 Å². The van der Waals surface area contributed by atoms with E-state index < -0.39 is 19.5 Å². The first kappa shape index (κ1) is 22.6. The molecule has 0 aliphatic rings. The first-order valence-corrected chi connectivity index (χ1v) is 12.1. The lowest BCUT2D eigenvalue weighted by Crippen LogP contribution is -2.09. The van der Waals surface area contributed by atoms with Gasteiger partial charge in [-0.1, -0.05) is 66.7 Å². The van der Waals surface area contributed by atoms with E-state index in [0.717, 1.165) is 17.7 Å². The number of aromatic nitrogens is 1. The summed E-state index contributed by atoms with van der Waals surface area (Å²) in [6.07, 6.45) is 0. The zero-order chi connectivity index (χ0) is 24.3. The van der Waals surface area contributed by atoms with Gasteiger partial charge in [-0.3, -0.25) is 0 Å². The minimum absolute atomic E-state index is 0.116. The predicted octanol–water partition coefficient (Wildman–Crippen LogP) is 7.82. The van der Waals surface area contributed by atoms with Crippen molar-refractivity contribution in [1.82, 2.24) is 4.98 Å². The molecule has 0 aliphatic heterocycles. The molecule has 5 nitrogen and oxygen atoms in total. The van der Waals surface area contributed by atoms with Crippen molar-refractivity contribution >= 4 is 18.7 Å². The zero-order valence-electron chi connectivity index (χ0n) is 18.2. The lowest BCUT2D eigenvalue weighted by atomic mass is 10.1. The van der Waals surface area contributed by atoms with Crippen LogP contribution in [-0.4, -0.2) is 4.98 Å². The molecule has 174 valence electrons. The molecule has 0 fully saturated rings. The molecule has 1 aromatic heterocycles. The van der Waals surface area contributed by atoms with E-state index >= 15 is 0 Å². The fourth-order valence-corrected chi connectivity index (χ4v) is 4.71. The van der Waals surface area contributed by atoms with Crippen molar-refractivity contribution < 1.29 is 26.9 Å². The fraction of sp³-hybridized carbons (Fsp3) is 0. The lowest BCUT2D eigenvalue weighted by Gasteiger charge is -2.21. The number of phosphoric acid groups is 1. The second-order valence-corrected chi connectivity index (χ2v) is 8.91. The van der Waals surface area contributed by atoms with E-state index in [1.807, 2.05) is 30.3 Å². The number of benzene rings is 4. The highest BCUT2D eigenvalue weighted by atomic mass is 31.2. The highest BCUT2D eigenvalue weighted by Gasteiger charge is 2.36. The third kappa shape index (κ3) is 5.00. The van der Waals surface area contributed by atoms with Gasteiger partial charge in [-0.05, 0) is 36.4 Å². The summed E-state index contributed by atoms with van der Waals surface area (Å²) < 4.78 is 59.4. The monoisotopic (exact) mass is 489 g/mol. The van der Waals surface area contributed by atoms with Gasteiger partial charge in [0.1, 0.15) is 5.75 Å². The van der Waals surface area contributed by atoms with E-state index in [1.165, 1.54) is 36.4 Å². The number of halogens is 2. The second kappa shape index (κ2) is 9.57. The third-order valence-corrected chi connectivity index (χ3v) is 6.31. The number of hydrogen-bond acceptors (Lipinski definition) is 5. The number of pyridine rings is 1. The molecule has 0 saturated heterocycles. The van der Waals surface area contributed by atoms with Gasteiger partial charge in [0.25, 0.3) is 0 Å². The van der Waals surface area contributed by atoms with Crippen LogP contribution in [0.5, 0.6) is 17.2 Å². The Hall–Kier alpha value is -4.22. The van der Waals surface area contributed by atoms with Crippen LogP contribution in [-0.2, 0) is 4.57 Å². The Morgan fingerprint density at radius 3 is 1.74 bits per heavy atom. The Kier molecular flexibility index (Phi) is 6.17. The van der Waals surface area contributed by atoms with Crippen LogP contribution in [0.25, 0.3) is 22.2 Å². The maximum atomic E-state index is 14.4. The first-order chi connectivity index (χ1) is 17.0. The molecule has 0 N–H and O–H groups in total. The highest BCUT2D eigenvalue weighted by molar-refractivity contribution is 7.49. The highest BCUT2D eigenvalue weighted by Crippen LogP contribution is 2.52. The second-order valence-electron chi connectivity index (χ2n) is 7.47. The van der Waals surface area contributed by atoms with E-state index in [1.54, 1.807) is 30.3 Å². The minimum Gasteiger partial charge on any atom is -0.385 e. The maximum absolute atomic E-state index is 14.4. The van der Waals surface area contributed by atoms with E-state index in [0.29, 0.717) is 16.6 Å². The normalized spacial score (nSPS) is 11.3. The average molecular weight is 489 g/mol. The topological polar surface area (TPSA) is 57.7 Å². The molecular weight excluding hydrogens is 471 g/mol. The number of rotatable bonds is 7. The van der Waals surface area contributed by atoms with Gasteiger partial charge in [-0.15, -0.1) is 0 Å². The van der Waals surface area contributed by atoms with Gasteiger partial charge < -0.3 is 13.6 Å². The average Bonchev–Trinajstić information content (AvgIpc) is 2.87. The molecule has 8 heteroatoms. The van der Waals surface area contributed by atoms with Crippen molar-refractivity contribution in [3.63, 3.8) is 0 Å². The molecule has 0 radical (unpaired) electrons. The van der Waals surface area contributed by atoms with Crippen LogP contribution in [0, 0.1) is 11.6 Å². The molecule has 0 unspecified atom stereocenters. The van der Waals surface area contributed by atoms with Gasteiger partial charge in [-0.25, -0.2) is 13.8 Å². The molecule has 5 aromatic rings. The molecule has 4 aromatic carbocycles. The predicted molar refractivity (Wildman–Crippen MR) is 129 cm³/mol. The molecule has 0 atom stereocenters. The molecule has 0 bridgehead atoms. The van der Waals surface area contributed by atoms with Crippen LogP contribution in [0.3, 0.4) is 0 Å². The number of fused-ring (bicyclic) bond motifs is 1. The molecule has 1 heterocycles. The van der Waals surface area contributed by atoms with E-state index in [2.05, 4.69) is 4.98 Å². The smallest absolute Gasteiger partial charge is 0.385 e. The Balaban J connectivity index is 1.62. The van der Waals surface area contributed by atoms with Gasteiger partial charge in [0.15, 0.2) is 23.1 Å². The van der Waals surface area contributed by atoms with Gasteiger partial charge in [0.05, 0.1) is 11.2 Å². The number of nitrogens with zero attached hydrogens (tertiary/aromatic N) is 1. The molecule has 5 rings (SSSR count). The lowest BCUT2D eigenvalue weighted by molar-refractivity contribution is 0.289. The van der Waals surface area contributed by atoms with E-state index in [4.69, 9.17) is 13.6 Å². The SMILES string of the molecule is O=P(Oc1ccccc1F)(Oc1ccccc1F)Oc1cc(-c2ccccc2)nc2ccccc12. The molecular formula is C27H18F2NO4P. The quantitative estimate of drug-likeness (QED) is 0.218. The standard InChI is InChI=1S/C27H18F2NO4P/c28-21-13-5-8-16-25(21)32-35(31,33-26-17-9-6-14-22(26)29)34-27-18-24(19-10-2-1-3-11-19)30-23-15-7-4-12-20(23)27/h1-18H. The van der Waals surface area contributed by atoms with Gasteiger partial charge in [0, 0.05) is 17.0 Å². The summed E-state index contributed by atoms with van der Waals surface area (Å²) in [5.74, 6) is -2.18. The van der Waals surface area contributed by atoms with Gasteiger partial charge in [-0.2, -0.15) is 4.57 Å². The summed E-state index contributed by atoms with van der Waals surface area (Å²) >= 11 is 0. The molecule has 35 heavy (non-hydrogen) atoms. The summed E-state index contributed by atoms with van der Waals surface area (Å²) in [4.78, 5) is 4.66. The first-order valence-electron chi connectivity index (χ1n) is 10.6. The van der Waals surface area contributed by atoms with Crippen LogP contribution in [0.4, 0.5) is 8.78 Å². The summed E-state index contributed by atoms with van der Waals surface area (Å²) in [5.41, 5.74) is 1.90. The van der Waals surface area contributed by atoms with Crippen LogP contribution in [0.15, 0.2) is 109 Å². The molecule has 0 spiro atoms. The van der Waals surface area contributed by atoms with Crippen LogP contribution >= 0.6 is 7.82 Å². The summed E-state index contributed by atoms with van der Waals surface area (Å²) in [6.45, 7) is 0. The van der Waals surface area contributed by atoms with Crippen molar-refractivity contribution in [2.24, 2.45) is 0 Å². The minimum atomic E-state index is -4.66. The Labute approximate surface area is 200 Å². The molecule has 0 saturated carbocycles. The Bertz CT molecular complexity index is 1490. The Morgan fingerprint density at radius 2 is 1.11 bits per heavy atom. The van der Waals surface area contributed by atoms with Crippen molar-refractivity contribution in [2.75, 3.05) is 0 Å². The van der Waals surface area contributed by atoms with Crippen molar-refractivity contribution in [3.8, 4) is 28.5 Å².